The van der Waals surface area contributed by atoms with Crippen LogP contribution in [0.25, 0.3) is 0 Å². The lowest BCUT2D eigenvalue weighted by Gasteiger charge is -2.14. The summed E-state index contributed by atoms with van der Waals surface area (Å²) in [4.78, 5) is 0. The maximum atomic E-state index is 5.69. The Morgan fingerprint density at radius 3 is 2.73 bits per heavy atom. The first-order chi connectivity index (χ1) is 7.13. The third kappa shape index (κ3) is 4.06. The second kappa shape index (κ2) is 5.93. The number of ether oxygens (including phenoxy) is 1. The van der Waals surface area contributed by atoms with Gasteiger partial charge in [-0.1, -0.05) is 13.8 Å². The second-order valence-corrected chi connectivity index (χ2v) is 4.32. The van der Waals surface area contributed by atoms with Crippen LogP contribution in [0.5, 0.6) is 0 Å². The topological polar surface area (TPSA) is 48.4 Å². The van der Waals surface area contributed by atoms with E-state index in [9.17, 15) is 0 Å². The van der Waals surface area contributed by atoms with Crippen LogP contribution in [0, 0.1) is 5.92 Å². The molecule has 1 rings (SSSR count). The molecule has 1 heterocycles. The van der Waals surface area contributed by atoms with Crippen molar-refractivity contribution in [1.82, 2.24) is 0 Å². The molecule has 0 saturated heterocycles. The van der Waals surface area contributed by atoms with Gasteiger partial charge in [0, 0.05) is 12.1 Å². The first-order valence-electron chi connectivity index (χ1n) is 5.50. The molecule has 1 aromatic rings. The third-order valence-corrected chi connectivity index (χ3v) is 2.36. The average Bonchev–Trinajstić information content (AvgIpc) is 2.60. The van der Waals surface area contributed by atoms with E-state index in [1.807, 2.05) is 6.07 Å². The highest BCUT2D eigenvalue weighted by atomic mass is 16.5. The molecule has 0 radical (unpaired) electrons. The maximum absolute atomic E-state index is 5.69. The van der Waals surface area contributed by atoms with E-state index in [2.05, 4.69) is 20.8 Å². The third-order valence-electron chi connectivity index (χ3n) is 2.36. The predicted octanol–water partition coefficient (Wildman–Crippen LogP) is 2.69. The molecule has 1 atom stereocenters. The SMILES string of the molecule is CC(C)CC(C)OCc1occc1CN. The molecule has 0 aromatic carbocycles. The van der Waals surface area contributed by atoms with Crippen LogP contribution < -0.4 is 5.73 Å². The monoisotopic (exact) mass is 211 g/mol. The van der Waals surface area contributed by atoms with Gasteiger partial charge in [0.2, 0.25) is 0 Å². The average molecular weight is 211 g/mol. The van der Waals surface area contributed by atoms with E-state index in [0.717, 1.165) is 17.7 Å². The summed E-state index contributed by atoms with van der Waals surface area (Å²) in [6.45, 7) is 7.50. The molecule has 3 heteroatoms. The van der Waals surface area contributed by atoms with Crippen LogP contribution in [0.15, 0.2) is 16.7 Å². The van der Waals surface area contributed by atoms with Crippen molar-refractivity contribution < 1.29 is 9.15 Å². The maximum Gasteiger partial charge on any atom is 0.133 e. The van der Waals surface area contributed by atoms with Gasteiger partial charge in [-0.25, -0.2) is 0 Å². The summed E-state index contributed by atoms with van der Waals surface area (Å²) >= 11 is 0. The van der Waals surface area contributed by atoms with Gasteiger partial charge in [-0.05, 0) is 25.3 Å². The summed E-state index contributed by atoms with van der Waals surface area (Å²) in [6.07, 6.45) is 2.99. The van der Waals surface area contributed by atoms with Gasteiger partial charge in [0.1, 0.15) is 12.4 Å². The van der Waals surface area contributed by atoms with Gasteiger partial charge < -0.3 is 14.9 Å². The lowest BCUT2D eigenvalue weighted by Crippen LogP contribution is -2.11. The lowest BCUT2D eigenvalue weighted by molar-refractivity contribution is 0.0298. The Morgan fingerprint density at radius 2 is 2.13 bits per heavy atom. The van der Waals surface area contributed by atoms with Gasteiger partial charge in [-0.3, -0.25) is 0 Å². The first-order valence-corrected chi connectivity index (χ1v) is 5.50. The highest BCUT2D eigenvalue weighted by Crippen LogP contribution is 2.14. The molecule has 15 heavy (non-hydrogen) atoms. The van der Waals surface area contributed by atoms with Gasteiger partial charge in [0.15, 0.2) is 0 Å². The van der Waals surface area contributed by atoms with E-state index in [4.69, 9.17) is 14.9 Å². The van der Waals surface area contributed by atoms with Gasteiger partial charge >= 0.3 is 0 Å². The number of rotatable bonds is 6. The van der Waals surface area contributed by atoms with Gasteiger partial charge in [-0.15, -0.1) is 0 Å². The second-order valence-electron chi connectivity index (χ2n) is 4.32. The summed E-state index contributed by atoms with van der Waals surface area (Å²) in [7, 11) is 0. The van der Waals surface area contributed by atoms with Crippen molar-refractivity contribution in [2.75, 3.05) is 0 Å². The van der Waals surface area contributed by atoms with Crippen LogP contribution in [-0.4, -0.2) is 6.10 Å². The summed E-state index contributed by atoms with van der Waals surface area (Å²) in [6, 6.07) is 1.89. The number of hydrogen-bond acceptors (Lipinski definition) is 3. The summed E-state index contributed by atoms with van der Waals surface area (Å²) in [5.74, 6) is 1.51. The summed E-state index contributed by atoms with van der Waals surface area (Å²) < 4.78 is 11.0. The van der Waals surface area contributed by atoms with Gasteiger partial charge in [0.05, 0.1) is 12.4 Å². The predicted molar refractivity (Wildman–Crippen MR) is 60.3 cm³/mol. The van der Waals surface area contributed by atoms with Crippen LogP contribution >= 0.6 is 0 Å². The molecule has 1 unspecified atom stereocenters. The smallest absolute Gasteiger partial charge is 0.133 e. The van der Waals surface area contributed by atoms with Crippen molar-refractivity contribution in [1.29, 1.82) is 0 Å². The quantitative estimate of drug-likeness (QED) is 0.787. The van der Waals surface area contributed by atoms with E-state index >= 15 is 0 Å². The fourth-order valence-electron chi connectivity index (χ4n) is 1.63. The minimum absolute atomic E-state index is 0.265. The molecule has 0 spiro atoms. The summed E-state index contributed by atoms with van der Waals surface area (Å²) in [5, 5.41) is 0. The fraction of sp³-hybridized carbons (Fsp3) is 0.667. The Morgan fingerprint density at radius 1 is 1.40 bits per heavy atom. The van der Waals surface area contributed by atoms with Crippen molar-refractivity contribution >= 4 is 0 Å². The van der Waals surface area contributed by atoms with Crippen LogP contribution in [-0.2, 0) is 17.9 Å². The molecule has 2 N–H and O–H groups in total. The Labute approximate surface area is 91.6 Å². The van der Waals surface area contributed by atoms with E-state index in [0.29, 0.717) is 19.1 Å². The van der Waals surface area contributed by atoms with E-state index in [-0.39, 0.29) is 6.10 Å². The Bertz CT molecular complexity index is 281. The zero-order valence-corrected chi connectivity index (χ0v) is 9.82. The molecule has 0 amide bonds. The molecule has 3 nitrogen and oxygen atoms in total. The normalized spacial score (nSPS) is 13.4. The Balaban J connectivity index is 2.36. The molecule has 0 saturated carbocycles. The van der Waals surface area contributed by atoms with E-state index < -0.39 is 0 Å². The molecule has 0 aliphatic heterocycles. The standard InChI is InChI=1S/C12H21NO2/c1-9(2)6-10(3)15-8-12-11(7-13)4-5-14-12/h4-5,9-10H,6-8,13H2,1-3H3. The van der Waals surface area contributed by atoms with Crippen molar-refractivity contribution in [3.05, 3.63) is 23.7 Å². The zero-order valence-electron chi connectivity index (χ0n) is 9.82. The van der Waals surface area contributed by atoms with Crippen molar-refractivity contribution in [3.63, 3.8) is 0 Å². The van der Waals surface area contributed by atoms with Crippen molar-refractivity contribution in [2.45, 2.75) is 46.4 Å². The fourth-order valence-corrected chi connectivity index (χ4v) is 1.63. The molecule has 0 aliphatic carbocycles. The molecular weight excluding hydrogens is 190 g/mol. The van der Waals surface area contributed by atoms with Crippen LogP contribution in [0.4, 0.5) is 0 Å². The molecule has 0 bridgehead atoms. The minimum Gasteiger partial charge on any atom is -0.467 e. The molecular formula is C12H21NO2. The number of nitrogens with two attached hydrogens (primary N) is 1. The van der Waals surface area contributed by atoms with Gasteiger partial charge in [0.25, 0.3) is 0 Å². The van der Waals surface area contributed by atoms with Crippen molar-refractivity contribution in [3.8, 4) is 0 Å². The number of hydrogen-bond donors (Lipinski definition) is 1. The first kappa shape index (κ1) is 12.3. The Hall–Kier alpha value is -0.800. The zero-order chi connectivity index (χ0) is 11.3. The van der Waals surface area contributed by atoms with Crippen molar-refractivity contribution in [2.24, 2.45) is 11.7 Å². The highest BCUT2D eigenvalue weighted by molar-refractivity contribution is 5.15. The molecule has 1 aromatic heterocycles. The molecule has 86 valence electrons. The number of furan rings is 1. The largest absolute Gasteiger partial charge is 0.467 e. The lowest BCUT2D eigenvalue weighted by atomic mass is 10.1. The van der Waals surface area contributed by atoms with Gasteiger partial charge in [-0.2, -0.15) is 0 Å². The van der Waals surface area contributed by atoms with Crippen LogP contribution in [0.3, 0.4) is 0 Å². The molecule has 0 fully saturated rings. The summed E-state index contributed by atoms with van der Waals surface area (Å²) in [5.41, 5.74) is 6.60. The molecule has 0 aliphatic rings. The highest BCUT2D eigenvalue weighted by Gasteiger charge is 2.09. The van der Waals surface area contributed by atoms with Crippen LogP contribution in [0.2, 0.25) is 0 Å². The van der Waals surface area contributed by atoms with Crippen LogP contribution in [0.1, 0.15) is 38.5 Å². The van der Waals surface area contributed by atoms with E-state index in [1.54, 1.807) is 6.26 Å². The Kier molecular flexibility index (Phi) is 4.85. The minimum atomic E-state index is 0.265. The van der Waals surface area contributed by atoms with E-state index in [1.165, 1.54) is 0 Å².